The summed E-state index contributed by atoms with van der Waals surface area (Å²) in [4.78, 5) is 28.4. The van der Waals surface area contributed by atoms with Gasteiger partial charge < -0.3 is 0 Å². The molecule has 1 aromatic heterocycles. The third-order valence-electron chi connectivity index (χ3n) is 3.54. The molecule has 0 radical (unpaired) electrons. The molecular formula is C17H14BrN5O2. The number of hydrazone groups is 2. The molecule has 126 valence electrons. The molecule has 1 aliphatic rings. The Kier molecular flexibility index (Phi) is 4.99. The van der Waals surface area contributed by atoms with E-state index in [-0.39, 0.29) is 5.91 Å². The number of halogens is 1. The Hall–Kier alpha value is -2.87. The first kappa shape index (κ1) is 17.0. The lowest BCUT2D eigenvalue weighted by Crippen LogP contribution is -2.29. The van der Waals surface area contributed by atoms with Crippen LogP contribution in [0.25, 0.3) is 0 Å². The molecule has 7 nitrogen and oxygen atoms in total. The van der Waals surface area contributed by atoms with Crippen LogP contribution in [-0.4, -0.2) is 28.7 Å². The molecule has 1 atom stereocenters. The maximum Gasteiger partial charge on any atom is 0.272 e. The highest BCUT2D eigenvalue weighted by atomic mass is 79.9. The zero-order valence-corrected chi connectivity index (χ0v) is 14.8. The number of pyridine rings is 1. The largest absolute Gasteiger partial charge is 0.272 e. The molecule has 0 saturated carbocycles. The zero-order valence-electron chi connectivity index (χ0n) is 13.3. The molecule has 1 N–H and O–H groups in total. The smallest absolute Gasteiger partial charge is 0.271 e. The highest BCUT2D eigenvalue weighted by Crippen LogP contribution is 2.22. The number of benzene rings is 1. The molecule has 1 unspecified atom stereocenters. The predicted molar refractivity (Wildman–Crippen MR) is 98.4 cm³/mol. The average Bonchev–Trinajstić information content (AvgIpc) is 2.90. The van der Waals surface area contributed by atoms with Crippen LogP contribution in [0.15, 0.2) is 63.5 Å². The van der Waals surface area contributed by atoms with Crippen LogP contribution in [0.1, 0.15) is 17.3 Å². The lowest BCUT2D eigenvalue weighted by Gasteiger charge is -2.12. The Morgan fingerprint density at radius 1 is 1.32 bits per heavy atom. The van der Waals surface area contributed by atoms with Crippen molar-refractivity contribution in [3.05, 3.63) is 58.8 Å². The topological polar surface area (TPSA) is 87.0 Å². The molecule has 1 aromatic carbocycles. The van der Waals surface area contributed by atoms with Gasteiger partial charge in [-0.25, -0.2) is 5.43 Å². The number of rotatable bonds is 4. The van der Waals surface area contributed by atoms with E-state index in [1.165, 1.54) is 17.4 Å². The molecule has 3 rings (SSSR count). The van der Waals surface area contributed by atoms with Crippen LogP contribution in [0.2, 0.25) is 0 Å². The molecule has 0 bridgehead atoms. The maximum absolute atomic E-state index is 12.5. The number of carbonyl (C=O) groups is 2. The fraction of sp³-hybridized carbons (Fsp3) is 0.118. The van der Waals surface area contributed by atoms with E-state index in [1.807, 2.05) is 18.2 Å². The van der Waals surface area contributed by atoms with Crippen LogP contribution >= 0.6 is 15.9 Å². The number of nitrogens with one attached hydrogen (secondary N) is 1. The van der Waals surface area contributed by atoms with Gasteiger partial charge in [-0.2, -0.15) is 15.2 Å². The van der Waals surface area contributed by atoms with Gasteiger partial charge >= 0.3 is 0 Å². The van der Waals surface area contributed by atoms with E-state index < -0.39 is 11.8 Å². The summed E-state index contributed by atoms with van der Waals surface area (Å²) in [5.74, 6) is -1.24. The summed E-state index contributed by atoms with van der Waals surface area (Å²) in [7, 11) is 0. The summed E-state index contributed by atoms with van der Waals surface area (Å²) >= 11 is 3.25. The molecule has 0 fully saturated rings. The van der Waals surface area contributed by atoms with Crippen molar-refractivity contribution in [2.75, 3.05) is 5.01 Å². The number of hydrogen-bond acceptors (Lipinski definition) is 5. The Morgan fingerprint density at radius 2 is 2.08 bits per heavy atom. The molecule has 2 aromatic rings. The van der Waals surface area contributed by atoms with Gasteiger partial charge in [0.2, 0.25) is 0 Å². The Morgan fingerprint density at radius 3 is 2.80 bits per heavy atom. The number of amides is 2. The monoisotopic (exact) mass is 399 g/mol. The van der Waals surface area contributed by atoms with Crippen molar-refractivity contribution in [1.29, 1.82) is 0 Å². The summed E-state index contributed by atoms with van der Waals surface area (Å²) in [5.41, 5.74) is 4.05. The number of para-hydroxylation sites is 1. The Labute approximate surface area is 152 Å². The van der Waals surface area contributed by atoms with Gasteiger partial charge in [0.25, 0.3) is 11.8 Å². The highest BCUT2D eigenvalue weighted by Gasteiger charge is 2.33. The van der Waals surface area contributed by atoms with E-state index in [2.05, 4.69) is 36.5 Å². The number of carbonyl (C=O) groups excluding carboxylic acids is 2. The van der Waals surface area contributed by atoms with Gasteiger partial charge in [0, 0.05) is 23.1 Å². The second-order valence-corrected chi connectivity index (χ2v) is 6.23. The molecule has 2 heterocycles. The second kappa shape index (κ2) is 7.35. The number of aromatic nitrogens is 1. The molecular weight excluding hydrogens is 386 g/mol. The van der Waals surface area contributed by atoms with E-state index in [0.29, 0.717) is 21.4 Å². The summed E-state index contributed by atoms with van der Waals surface area (Å²) in [6, 6.07) is 10.8. The molecule has 25 heavy (non-hydrogen) atoms. The maximum atomic E-state index is 12.5. The molecule has 0 spiro atoms. The van der Waals surface area contributed by atoms with Crippen LogP contribution in [-0.2, 0) is 4.79 Å². The second-order valence-electron chi connectivity index (χ2n) is 5.32. The molecule has 8 heteroatoms. The summed E-state index contributed by atoms with van der Waals surface area (Å²) in [6.45, 7) is 1.75. The molecule has 2 amide bonds. The van der Waals surface area contributed by atoms with Crippen molar-refractivity contribution in [2.24, 2.45) is 16.1 Å². The molecule has 0 aliphatic carbocycles. The minimum Gasteiger partial charge on any atom is -0.271 e. The van der Waals surface area contributed by atoms with E-state index in [1.54, 1.807) is 31.3 Å². The standard InChI is InChI=1S/C17H14BrN5O2/c1-11-15(17(25)23(22-11)14-5-3-2-4-6-14)10-20-21-16(24)12-7-13(18)9-19-8-12/h2-10,15H,1H3,(H,21,24). The first-order valence-corrected chi connectivity index (χ1v) is 8.24. The minimum atomic E-state index is -0.610. The van der Waals surface area contributed by atoms with Crippen molar-refractivity contribution in [3.8, 4) is 0 Å². The fourth-order valence-corrected chi connectivity index (χ4v) is 2.64. The van der Waals surface area contributed by atoms with Crippen LogP contribution in [0.3, 0.4) is 0 Å². The zero-order chi connectivity index (χ0) is 17.8. The van der Waals surface area contributed by atoms with Crippen molar-refractivity contribution in [1.82, 2.24) is 10.4 Å². The van der Waals surface area contributed by atoms with Gasteiger partial charge in [0.05, 0.1) is 17.0 Å². The quantitative estimate of drug-likeness (QED) is 0.632. The fourth-order valence-electron chi connectivity index (χ4n) is 2.28. The Bertz CT molecular complexity index is 866. The highest BCUT2D eigenvalue weighted by molar-refractivity contribution is 9.10. The average molecular weight is 400 g/mol. The van der Waals surface area contributed by atoms with Gasteiger partial charge in [-0.05, 0) is 41.1 Å². The first-order chi connectivity index (χ1) is 12.1. The van der Waals surface area contributed by atoms with Crippen LogP contribution < -0.4 is 10.4 Å². The van der Waals surface area contributed by atoms with Gasteiger partial charge in [-0.3, -0.25) is 14.6 Å². The van der Waals surface area contributed by atoms with Gasteiger partial charge in [-0.1, -0.05) is 18.2 Å². The minimum absolute atomic E-state index is 0.217. The van der Waals surface area contributed by atoms with Gasteiger partial charge in [-0.15, -0.1) is 0 Å². The third-order valence-corrected chi connectivity index (χ3v) is 3.97. The third kappa shape index (κ3) is 3.80. The summed E-state index contributed by atoms with van der Waals surface area (Å²) in [5, 5.41) is 9.50. The van der Waals surface area contributed by atoms with Crippen molar-refractivity contribution < 1.29 is 9.59 Å². The van der Waals surface area contributed by atoms with Crippen LogP contribution in [0.5, 0.6) is 0 Å². The van der Waals surface area contributed by atoms with Crippen LogP contribution in [0.4, 0.5) is 5.69 Å². The van der Waals surface area contributed by atoms with E-state index >= 15 is 0 Å². The van der Waals surface area contributed by atoms with E-state index in [9.17, 15) is 9.59 Å². The predicted octanol–water partition coefficient (Wildman–Crippen LogP) is 2.60. The number of anilines is 1. The lowest BCUT2D eigenvalue weighted by molar-refractivity contribution is -0.118. The SMILES string of the molecule is CC1=NN(c2ccccc2)C(=O)C1C=NNC(=O)c1cncc(Br)c1. The number of hydrogen-bond donors (Lipinski definition) is 1. The van der Waals surface area contributed by atoms with Crippen molar-refractivity contribution in [3.63, 3.8) is 0 Å². The van der Waals surface area contributed by atoms with Crippen molar-refractivity contribution in [2.45, 2.75) is 6.92 Å². The number of nitrogens with zero attached hydrogens (tertiary/aromatic N) is 4. The van der Waals surface area contributed by atoms with E-state index in [4.69, 9.17) is 0 Å². The lowest BCUT2D eigenvalue weighted by atomic mass is 10.1. The first-order valence-electron chi connectivity index (χ1n) is 7.44. The molecule has 0 saturated heterocycles. The van der Waals surface area contributed by atoms with E-state index in [0.717, 1.165) is 0 Å². The van der Waals surface area contributed by atoms with Gasteiger partial charge in [0.15, 0.2) is 0 Å². The van der Waals surface area contributed by atoms with Gasteiger partial charge in [0.1, 0.15) is 5.92 Å². The normalized spacial score (nSPS) is 17.0. The summed E-state index contributed by atoms with van der Waals surface area (Å²) in [6.07, 6.45) is 4.39. The van der Waals surface area contributed by atoms with Crippen LogP contribution in [0, 0.1) is 5.92 Å². The Balaban J connectivity index is 1.67. The van der Waals surface area contributed by atoms with Crippen molar-refractivity contribution >= 4 is 45.4 Å². The molecule has 1 aliphatic heterocycles. The summed E-state index contributed by atoms with van der Waals surface area (Å²) < 4.78 is 0.691.